The van der Waals surface area contributed by atoms with Gasteiger partial charge in [0.05, 0.1) is 29.1 Å². The van der Waals surface area contributed by atoms with Gasteiger partial charge < -0.3 is 10.1 Å². The smallest absolute Gasteiger partial charge is 0.149 e. The molecule has 1 N–H and O–H groups in total. The summed E-state index contributed by atoms with van der Waals surface area (Å²) in [7, 11) is 0. The van der Waals surface area contributed by atoms with Crippen LogP contribution in [-0.4, -0.2) is 29.0 Å². The van der Waals surface area contributed by atoms with Crippen molar-refractivity contribution < 1.29 is 4.74 Å². The van der Waals surface area contributed by atoms with Crippen molar-refractivity contribution in [3.8, 4) is 23.0 Å². The van der Waals surface area contributed by atoms with E-state index in [0.29, 0.717) is 5.56 Å². The molecule has 0 spiro atoms. The third-order valence-corrected chi connectivity index (χ3v) is 5.33. The Kier molecular flexibility index (Phi) is 5.92. The Labute approximate surface area is 171 Å². The van der Waals surface area contributed by atoms with Crippen molar-refractivity contribution in [2.24, 2.45) is 0 Å². The molecule has 0 unspecified atom stereocenters. The number of hydrogen-bond acceptors (Lipinski definition) is 4. The minimum Gasteiger partial charge on any atom is -0.376 e. The van der Waals surface area contributed by atoms with E-state index in [9.17, 15) is 0 Å². The Balaban J connectivity index is 1.62. The van der Waals surface area contributed by atoms with Crippen molar-refractivity contribution in [1.82, 2.24) is 9.78 Å². The number of aryl methyl sites for hydroxylation is 1. The molecule has 5 nitrogen and oxygen atoms in total. The van der Waals surface area contributed by atoms with E-state index in [4.69, 9.17) is 15.1 Å². The molecule has 1 aliphatic heterocycles. The monoisotopic (exact) mass is 386 g/mol. The van der Waals surface area contributed by atoms with Gasteiger partial charge in [-0.05, 0) is 44.0 Å². The second-order valence-corrected chi connectivity index (χ2v) is 7.57. The Hall–Kier alpha value is -3.10. The lowest BCUT2D eigenvalue weighted by molar-refractivity contribution is 0.0678. The van der Waals surface area contributed by atoms with Crippen LogP contribution in [0.3, 0.4) is 0 Å². The minimum absolute atomic E-state index is 0.236. The van der Waals surface area contributed by atoms with Crippen molar-refractivity contribution >= 4 is 5.82 Å². The lowest BCUT2D eigenvalue weighted by Crippen LogP contribution is -2.22. The maximum Gasteiger partial charge on any atom is 0.149 e. The van der Waals surface area contributed by atoms with Crippen molar-refractivity contribution in [1.29, 1.82) is 5.26 Å². The van der Waals surface area contributed by atoms with Crippen LogP contribution in [0.4, 0.5) is 5.82 Å². The number of nitriles is 1. The quantitative estimate of drug-likeness (QED) is 0.663. The van der Waals surface area contributed by atoms with Crippen LogP contribution in [0.25, 0.3) is 16.9 Å². The third kappa shape index (κ3) is 4.67. The highest BCUT2D eigenvalue weighted by Crippen LogP contribution is 2.27. The van der Waals surface area contributed by atoms with Crippen LogP contribution in [0.1, 0.15) is 36.8 Å². The second-order valence-electron chi connectivity index (χ2n) is 7.57. The summed E-state index contributed by atoms with van der Waals surface area (Å²) in [5.74, 6) is 0.831. The molecule has 5 heteroatoms. The van der Waals surface area contributed by atoms with Gasteiger partial charge >= 0.3 is 0 Å². The van der Waals surface area contributed by atoms with Crippen molar-refractivity contribution in [2.75, 3.05) is 18.5 Å². The molecule has 29 heavy (non-hydrogen) atoms. The highest BCUT2D eigenvalue weighted by molar-refractivity contribution is 5.66. The second kappa shape index (κ2) is 8.93. The van der Waals surface area contributed by atoms with E-state index in [2.05, 4.69) is 48.6 Å². The topological polar surface area (TPSA) is 62.9 Å². The van der Waals surface area contributed by atoms with Crippen molar-refractivity contribution in [3.05, 3.63) is 65.7 Å². The molecular weight excluding hydrogens is 360 g/mol. The molecular formula is C24H26N4O. The van der Waals surface area contributed by atoms with E-state index >= 15 is 0 Å². The predicted molar refractivity (Wildman–Crippen MR) is 115 cm³/mol. The maximum atomic E-state index is 9.08. The van der Waals surface area contributed by atoms with Gasteiger partial charge in [0.15, 0.2) is 0 Å². The summed E-state index contributed by atoms with van der Waals surface area (Å²) in [4.78, 5) is 0. The largest absolute Gasteiger partial charge is 0.376 e. The Morgan fingerprint density at radius 1 is 1.10 bits per heavy atom. The first-order valence-corrected chi connectivity index (χ1v) is 10.3. The van der Waals surface area contributed by atoms with Gasteiger partial charge in [-0.1, -0.05) is 42.7 Å². The molecule has 1 aliphatic rings. The number of nitrogens with zero attached hydrogens (tertiary/aromatic N) is 3. The van der Waals surface area contributed by atoms with Crippen molar-refractivity contribution in [3.63, 3.8) is 0 Å². The van der Waals surface area contributed by atoms with Crippen LogP contribution in [0.2, 0.25) is 0 Å². The molecule has 0 amide bonds. The zero-order valence-electron chi connectivity index (χ0n) is 16.8. The average molecular weight is 386 g/mol. The Morgan fingerprint density at radius 2 is 1.90 bits per heavy atom. The number of aromatic nitrogens is 2. The van der Waals surface area contributed by atoms with E-state index in [1.54, 1.807) is 0 Å². The summed E-state index contributed by atoms with van der Waals surface area (Å²) in [6, 6.07) is 20.2. The molecule has 2 heterocycles. The molecule has 0 radical (unpaired) electrons. The zero-order valence-corrected chi connectivity index (χ0v) is 16.8. The lowest BCUT2D eigenvalue weighted by Gasteiger charge is -2.15. The first-order chi connectivity index (χ1) is 14.2. The highest BCUT2D eigenvalue weighted by atomic mass is 16.5. The number of anilines is 1. The van der Waals surface area contributed by atoms with Gasteiger partial charge in [-0.15, -0.1) is 5.10 Å². The Morgan fingerprint density at radius 3 is 2.66 bits per heavy atom. The van der Waals surface area contributed by atoms with Gasteiger partial charge in [0, 0.05) is 24.8 Å². The average Bonchev–Trinajstić information content (AvgIpc) is 3.00. The number of nitrogens with one attached hydrogen (secondary N) is 1. The zero-order chi connectivity index (χ0) is 20.1. The summed E-state index contributed by atoms with van der Waals surface area (Å²) in [6.07, 6.45) is 4.96. The van der Waals surface area contributed by atoms with Crippen molar-refractivity contribution in [2.45, 2.75) is 38.7 Å². The molecule has 0 bridgehead atoms. The van der Waals surface area contributed by atoms with Crippen LogP contribution in [0.5, 0.6) is 0 Å². The van der Waals surface area contributed by atoms with E-state index in [-0.39, 0.29) is 6.10 Å². The fourth-order valence-corrected chi connectivity index (χ4v) is 3.64. The molecule has 0 aliphatic carbocycles. The molecule has 4 rings (SSSR count). The van der Waals surface area contributed by atoms with Crippen LogP contribution < -0.4 is 5.32 Å². The molecule has 1 aromatic heterocycles. The van der Waals surface area contributed by atoms with E-state index in [0.717, 1.165) is 48.8 Å². The Bertz CT molecular complexity index is 975. The number of benzene rings is 2. The van der Waals surface area contributed by atoms with E-state index in [1.165, 1.54) is 18.4 Å². The number of ether oxygens (including phenoxy) is 1. The molecule has 3 aromatic rings. The first kappa shape index (κ1) is 19.2. The van der Waals surface area contributed by atoms with Crippen LogP contribution in [0, 0.1) is 18.3 Å². The normalized spacial score (nSPS) is 16.8. The third-order valence-electron chi connectivity index (χ3n) is 5.33. The molecule has 1 fully saturated rings. The SMILES string of the molecule is Cc1ccc(-c2cc(NC[C@@H]3CCCCCO3)nn2-c2ccc(C#N)cc2)cc1. The first-order valence-electron chi connectivity index (χ1n) is 10.3. The number of rotatable bonds is 5. The van der Waals surface area contributed by atoms with Gasteiger partial charge in [0.2, 0.25) is 0 Å². The molecule has 1 atom stereocenters. The molecule has 1 saturated heterocycles. The van der Waals surface area contributed by atoms with Crippen LogP contribution in [0.15, 0.2) is 54.6 Å². The van der Waals surface area contributed by atoms with Gasteiger partial charge in [0.1, 0.15) is 5.82 Å². The number of hydrogen-bond donors (Lipinski definition) is 1. The highest BCUT2D eigenvalue weighted by Gasteiger charge is 2.15. The van der Waals surface area contributed by atoms with E-state index < -0.39 is 0 Å². The van der Waals surface area contributed by atoms with Gasteiger partial charge in [-0.2, -0.15) is 5.26 Å². The van der Waals surface area contributed by atoms with E-state index in [1.807, 2.05) is 28.9 Å². The summed E-state index contributed by atoms with van der Waals surface area (Å²) in [6.45, 7) is 3.69. The fraction of sp³-hybridized carbons (Fsp3) is 0.333. The minimum atomic E-state index is 0.236. The molecule has 0 saturated carbocycles. The van der Waals surface area contributed by atoms with Gasteiger partial charge in [-0.3, -0.25) is 0 Å². The lowest BCUT2D eigenvalue weighted by atomic mass is 10.1. The predicted octanol–water partition coefficient (Wildman–Crippen LogP) is 5.09. The summed E-state index contributed by atoms with van der Waals surface area (Å²) < 4.78 is 7.87. The van der Waals surface area contributed by atoms with Crippen LogP contribution >= 0.6 is 0 Å². The van der Waals surface area contributed by atoms with Gasteiger partial charge in [0.25, 0.3) is 0 Å². The summed E-state index contributed by atoms with van der Waals surface area (Å²) in [5.41, 5.74) is 4.91. The molecule has 2 aromatic carbocycles. The molecule has 148 valence electrons. The summed E-state index contributed by atoms with van der Waals surface area (Å²) in [5, 5.41) is 17.4. The fourth-order valence-electron chi connectivity index (χ4n) is 3.64. The summed E-state index contributed by atoms with van der Waals surface area (Å²) >= 11 is 0. The van der Waals surface area contributed by atoms with Crippen LogP contribution in [-0.2, 0) is 4.74 Å². The standard InChI is InChI=1S/C24H26N4O/c1-18-6-10-20(11-7-18)23-15-24(26-17-22-5-3-2-4-14-29-22)27-28(23)21-12-8-19(16-25)9-13-21/h6-13,15,22H,2-5,14,17H2,1H3,(H,26,27)/t22-/m0/s1. The maximum absolute atomic E-state index is 9.08. The van der Waals surface area contributed by atoms with Gasteiger partial charge in [-0.25, -0.2) is 4.68 Å².